The predicted octanol–water partition coefficient (Wildman–Crippen LogP) is 4.03. The number of hydrogen-bond donors (Lipinski definition) is 1. The predicted molar refractivity (Wildman–Crippen MR) is 129 cm³/mol. The summed E-state index contributed by atoms with van der Waals surface area (Å²) < 4.78 is 17.8. The van der Waals surface area contributed by atoms with Gasteiger partial charge < -0.3 is 19.5 Å². The number of aryl methyl sites for hydroxylation is 1. The molecule has 1 N–H and O–H groups in total. The van der Waals surface area contributed by atoms with Gasteiger partial charge in [0.15, 0.2) is 5.60 Å². The van der Waals surface area contributed by atoms with Crippen LogP contribution in [0.5, 0.6) is 5.75 Å². The first-order chi connectivity index (χ1) is 16.1. The first-order valence-corrected chi connectivity index (χ1v) is 11.4. The van der Waals surface area contributed by atoms with E-state index >= 15 is 0 Å². The quantitative estimate of drug-likeness (QED) is 0.560. The molecular formula is C26H33N3O5. The van der Waals surface area contributed by atoms with Crippen LogP contribution in [0.4, 0.5) is 0 Å². The van der Waals surface area contributed by atoms with Crippen LogP contribution in [0.3, 0.4) is 0 Å². The van der Waals surface area contributed by atoms with Crippen LogP contribution in [0.1, 0.15) is 44.6 Å². The fourth-order valence-corrected chi connectivity index (χ4v) is 3.71. The van der Waals surface area contributed by atoms with Gasteiger partial charge in [-0.25, -0.2) is 4.79 Å². The summed E-state index contributed by atoms with van der Waals surface area (Å²) in [6.45, 7) is 7.91. The van der Waals surface area contributed by atoms with Crippen LogP contribution in [-0.4, -0.2) is 47.5 Å². The molecule has 0 fully saturated rings. The maximum atomic E-state index is 12.8. The van der Waals surface area contributed by atoms with Gasteiger partial charge in [0.25, 0.3) is 5.91 Å². The molecular weight excluding hydrogens is 434 g/mol. The van der Waals surface area contributed by atoms with Crippen molar-refractivity contribution in [1.82, 2.24) is 15.1 Å². The summed E-state index contributed by atoms with van der Waals surface area (Å²) in [6.07, 6.45) is 4.58. The normalized spacial score (nSPS) is 15.8. The number of nitrogens with one attached hydrogen (secondary N) is 1. The zero-order chi connectivity index (χ0) is 24.9. The molecule has 8 nitrogen and oxygen atoms in total. The zero-order valence-corrected chi connectivity index (χ0v) is 20.7. The van der Waals surface area contributed by atoms with Crippen LogP contribution >= 0.6 is 0 Å². The van der Waals surface area contributed by atoms with Gasteiger partial charge in [-0.1, -0.05) is 6.08 Å². The number of hydrogen-bond acceptors (Lipinski definition) is 6. The van der Waals surface area contributed by atoms with E-state index in [0.717, 1.165) is 22.6 Å². The highest BCUT2D eigenvalue weighted by Crippen LogP contribution is 2.28. The Bertz CT molecular complexity index is 1100. The summed E-state index contributed by atoms with van der Waals surface area (Å²) in [4.78, 5) is 24.9. The van der Waals surface area contributed by atoms with Gasteiger partial charge in [0, 0.05) is 19.2 Å². The third kappa shape index (κ3) is 5.87. The average Bonchev–Trinajstić information content (AvgIpc) is 3.21. The van der Waals surface area contributed by atoms with Crippen molar-refractivity contribution in [1.29, 1.82) is 0 Å². The van der Waals surface area contributed by atoms with Crippen LogP contribution in [0.15, 0.2) is 53.8 Å². The van der Waals surface area contributed by atoms with Crippen molar-refractivity contribution in [2.75, 3.05) is 20.3 Å². The van der Waals surface area contributed by atoms with E-state index in [1.54, 1.807) is 45.7 Å². The molecule has 0 spiro atoms. The topological polar surface area (TPSA) is 91.7 Å². The smallest absolute Gasteiger partial charge is 0.349 e. The molecule has 1 aliphatic carbocycles. The van der Waals surface area contributed by atoms with E-state index in [4.69, 9.17) is 14.2 Å². The largest absolute Gasteiger partial charge is 0.497 e. The Morgan fingerprint density at radius 2 is 1.94 bits per heavy atom. The Kier molecular flexibility index (Phi) is 7.81. The van der Waals surface area contributed by atoms with Crippen LogP contribution in [0.2, 0.25) is 0 Å². The molecule has 1 aromatic heterocycles. The maximum Gasteiger partial charge on any atom is 0.349 e. The van der Waals surface area contributed by atoms with Gasteiger partial charge in [0.1, 0.15) is 17.2 Å². The third-order valence-corrected chi connectivity index (χ3v) is 5.66. The molecule has 3 rings (SSSR count). The standard InChI is InChI=1S/C26H33N3O5/c1-7-33-25(31)26(3,4)34-23-13-8-18(14-17(23)2)16-27-24(30)22-15-21(28-29(22)5)19-9-11-20(32-6)12-10-19/h8-13,15,18H,7,14,16H2,1-6H3,(H,27,30). The molecule has 34 heavy (non-hydrogen) atoms. The van der Waals surface area contributed by atoms with Crippen LogP contribution in [0, 0.1) is 5.92 Å². The first-order valence-electron chi connectivity index (χ1n) is 11.4. The summed E-state index contributed by atoms with van der Waals surface area (Å²) >= 11 is 0. The second kappa shape index (κ2) is 10.6. The molecule has 2 aromatic rings. The molecule has 0 aliphatic heterocycles. The van der Waals surface area contributed by atoms with Gasteiger partial charge in [0.2, 0.25) is 0 Å². The minimum absolute atomic E-state index is 0.122. The molecule has 1 unspecified atom stereocenters. The lowest BCUT2D eigenvalue weighted by Crippen LogP contribution is -2.37. The van der Waals surface area contributed by atoms with E-state index in [-0.39, 0.29) is 11.8 Å². The highest BCUT2D eigenvalue weighted by molar-refractivity contribution is 5.93. The SMILES string of the molecule is CCOC(=O)C(C)(C)OC1=C(C)CC(CNC(=O)c2cc(-c3ccc(OC)cc3)nn2C)C=C1. The van der Waals surface area contributed by atoms with E-state index in [9.17, 15) is 9.59 Å². The highest BCUT2D eigenvalue weighted by Gasteiger charge is 2.33. The number of allylic oxidation sites excluding steroid dienone is 2. The number of methoxy groups -OCH3 is 1. The lowest BCUT2D eigenvalue weighted by atomic mass is 9.93. The van der Waals surface area contributed by atoms with E-state index in [1.165, 1.54) is 0 Å². The number of ether oxygens (including phenoxy) is 3. The molecule has 1 aromatic carbocycles. The minimum Gasteiger partial charge on any atom is -0.497 e. The highest BCUT2D eigenvalue weighted by atomic mass is 16.6. The van der Waals surface area contributed by atoms with Crippen molar-refractivity contribution in [3.63, 3.8) is 0 Å². The summed E-state index contributed by atoms with van der Waals surface area (Å²) in [5, 5.41) is 7.48. The average molecular weight is 468 g/mol. The van der Waals surface area contributed by atoms with Crippen molar-refractivity contribution >= 4 is 11.9 Å². The Labute approximate surface area is 200 Å². The summed E-state index contributed by atoms with van der Waals surface area (Å²) in [7, 11) is 3.37. The maximum absolute atomic E-state index is 12.8. The number of benzene rings is 1. The number of carbonyl (C=O) groups is 2. The Balaban J connectivity index is 1.58. The number of rotatable bonds is 9. The van der Waals surface area contributed by atoms with E-state index in [2.05, 4.69) is 10.4 Å². The van der Waals surface area contributed by atoms with Crippen molar-refractivity contribution in [2.24, 2.45) is 13.0 Å². The minimum atomic E-state index is -1.07. The molecule has 1 aliphatic rings. The second-order valence-electron chi connectivity index (χ2n) is 8.78. The molecule has 1 amide bonds. The van der Waals surface area contributed by atoms with Crippen LogP contribution in [0.25, 0.3) is 11.3 Å². The van der Waals surface area contributed by atoms with Gasteiger partial charge in [-0.3, -0.25) is 9.48 Å². The molecule has 0 saturated carbocycles. The number of amides is 1. The molecule has 0 bridgehead atoms. The molecule has 1 heterocycles. The molecule has 0 saturated heterocycles. The fourth-order valence-electron chi connectivity index (χ4n) is 3.71. The van der Waals surface area contributed by atoms with Crippen molar-refractivity contribution in [3.8, 4) is 17.0 Å². The third-order valence-electron chi connectivity index (χ3n) is 5.66. The Morgan fingerprint density at radius 1 is 1.24 bits per heavy atom. The van der Waals surface area contributed by atoms with Crippen LogP contribution in [-0.2, 0) is 21.3 Å². The van der Waals surface area contributed by atoms with Crippen molar-refractivity contribution in [3.05, 3.63) is 59.5 Å². The van der Waals surface area contributed by atoms with Crippen molar-refractivity contribution < 1.29 is 23.8 Å². The molecule has 182 valence electrons. The number of nitrogens with zero attached hydrogens (tertiary/aromatic N) is 2. The van der Waals surface area contributed by atoms with Crippen molar-refractivity contribution in [2.45, 2.75) is 39.7 Å². The number of carbonyl (C=O) groups excluding carboxylic acids is 2. The van der Waals surface area contributed by atoms with Gasteiger partial charge >= 0.3 is 5.97 Å². The lowest BCUT2D eigenvalue weighted by Gasteiger charge is -2.28. The van der Waals surface area contributed by atoms with E-state index < -0.39 is 11.6 Å². The summed E-state index contributed by atoms with van der Waals surface area (Å²) in [5.41, 5.74) is 2.06. The van der Waals surface area contributed by atoms with E-state index in [1.807, 2.05) is 43.3 Å². The first kappa shape index (κ1) is 25.1. The summed E-state index contributed by atoms with van der Waals surface area (Å²) in [6, 6.07) is 9.32. The number of aromatic nitrogens is 2. The van der Waals surface area contributed by atoms with E-state index in [0.29, 0.717) is 31.0 Å². The van der Waals surface area contributed by atoms with Gasteiger partial charge in [0.05, 0.1) is 19.4 Å². The fraction of sp³-hybridized carbons (Fsp3) is 0.423. The molecule has 8 heteroatoms. The Morgan fingerprint density at radius 3 is 2.56 bits per heavy atom. The zero-order valence-electron chi connectivity index (χ0n) is 20.7. The molecule has 0 radical (unpaired) electrons. The van der Waals surface area contributed by atoms with Gasteiger partial charge in [-0.05, 0) is 82.0 Å². The van der Waals surface area contributed by atoms with Gasteiger partial charge in [-0.2, -0.15) is 5.10 Å². The van der Waals surface area contributed by atoms with Gasteiger partial charge in [-0.15, -0.1) is 0 Å². The van der Waals surface area contributed by atoms with Crippen LogP contribution < -0.4 is 10.1 Å². The monoisotopic (exact) mass is 467 g/mol. The summed E-state index contributed by atoms with van der Waals surface area (Å²) in [5.74, 6) is 0.965. The molecule has 1 atom stereocenters. The number of esters is 1. The lowest BCUT2D eigenvalue weighted by molar-refractivity contribution is -0.163. The Hall–Kier alpha value is -3.55. The second-order valence-corrected chi connectivity index (χ2v) is 8.78.